The quantitative estimate of drug-likeness (QED) is 0.291. The second-order valence-electron chi connectivity index (χ2n) is 9.36. The van der Waals surface area contributed by atoms with Crippen molar-refractivity contribution in [1.29, 1.82) is 0 Å². The molecule has 0 aliphatic carbocycles. The molecule has 0 aliphatic heterocycles. The fourth-order valence-corrected chi connectivity index (χ4v) is 4.53. The van der Waals surface area contributed by atoms with Gasteiger partial charge in [-0.2, -0.15) is 0 Å². The van der Waals surface area contributed by atoms with Crippen LogP contribution in [0.25, 0.3) is 0 Å². The second kappa shape index (κ2) is 14.9. The highest BCUT2D eigenvalue weighted by Crippen LogP contribution is 2.32. The van der Waals surface area contributed by atoms with Crippen molar-refractivity contribution in [3.8, 4) is 17.2 Å². The molecule has 2 rings (SSSR count). The molecule has 0 saturated carbocycles. The molecule has 1 amide bonds. The lowest BCUT2D eigenvalue weighted by Gasteiger charge is -2.32. The van der Waals surface area contributed by atoms with Crippen LogP contribution < -0.4 is 19.5 Å². The third-order valence-corrected chi connectivity index (χ3v) is 6.72. The zero-order valence-corrected chi connectivity index (χ0v) is 24.8. The number of benzene rings is 1. The van der Waals surface area contributed by atoms with Gasteiger partial charge >= 0.3 is 11.9 Å². The number of nitrogens with zero attached hydrogens (tertiary/aromatic N) is 1. The number of esters is 2. The van der Waals surface area contributed by atoms with Crippen molar-refractivity contribution < 1.29 is 33.3 Å². The molecule has 1 aromatic carbocycles. The lowest BCUT2D eigenvalue weighted by Crippen LogP contribution is -2.48. The van der Waals surface area contributed by atoms with Crippen LogP contribution in [-0.2, 0) is 14.3 Å². The molecule has 0 aliphatic rings. The third kappa shape index (κ3) is 8.73. The summed E-state index contributed by atoms with van der Waals surface area (Å²) in [7, 11) is 1.37. The molecular weight excluding hydrogens is 547 g/mol. The average Bonchev–Trinajstić information content (AvgIpc) is 2.87. The molecule has 1 aromatic heterocycles. The number of methoxy groups -OCH3 is 1. The van der Waals surface area contributed by atoms with Crippen LogP contribution in [0.2, 0.25) is 10.0 Å². The summed E-state index contributed by atoms with van der Waals surface area (Å²) in [6, 6.07) is 5.35. The highest BCUT2D eigenvalue weighted by atomic mass is 35.5. The SMILES string of the molecule is CCC(CC)[C@@H](Oc1ccc(Cl)cc1Cl)[C@H](C)OC(=O)[C@@H](NC(=O)c1nccc(OC)c1OC(C)=O)C(C)C. The first kappa shape index (κ1) is 32.2. The van der Waals surface area contributed by atoms with E-state index in [9.17, 15) is 14.4 Å². The van der Waals surface area contributed by atoms with Crippen molar-refractivity contribution in [3.05, 3.63) is 46.2 Å². The van der Waals surface area contributed by atoms with E-state index in [-0.39, 0.29) is 29.0 Å². The van der Waals surface area contributed by atoms with E-state index in [4.69, 9.17) is 42.1 Å². The number of rotatable bonds is 13. The van der Waals surface area contributed by atoms with Crippen molar-refractivity contribution in [2.24, 2.45) is 11.8 Å². The maximum absolute atomic E-state index is 13.3. The van der Waals surface area contributed by atoms with Crippen molar-refractivity contribution in [1.82, 2.24) is 10.3 Å². The molecule has 0 saturated heterocycles. The van der Waals surface area contributed by atoms with Gasteiger partial charge in [-0.1, -0.05) is 50.9 Å². The Morgan fingerprint density at radius 2 is 1.69 bits per heavy atom. The molecule has 9 nitrogen and oxygen atoms in total. The summed E-state index contributed by atoms with van der Waals surface area (Å²) in [6.07, 6.45) is 1.70. The fourth-order valence-electron chi connectivity index (χ4n) is 4.07. The summed E-state index contributed by atoms with van der Waals surface area (Å²) in [4.78, 5) is 42.2. The molecule has 0 bridgehead atoms. The lowest BCUT2D eigenvalue weighted by atomic mass is 9.93. The monoisotopic (exact) mass is 582 g/mol. The third-order valence-electron chi connectivity index (χ3n) is 6.19. The maximum atomic E-state index is 13.3. The molecule has 1 heterocycles. The highest BCUT2D eigenvalue weighted by molar-refractivity contribution is 6.35. The Balaban J connectivity index is 2.28. The zero-order valence-electron chi connectivity index (χ0n) is 23.2. The van der Waals surface area contributed by atoms with Crippen molar-refractivity contribution in [3.63, 3.8) is 0 Å². The number of hydrogen-bond donors (Lipinski definition) is 1. The molecule has 39 heavy (non-hydrogen) atoms. The van der Waals surface area contributed by atoms with Crippen molar-refractivity contribution >= 4 is 41.0 Å². The minimum atomic E-state index is -1.03. The fraction of sp³-hybridized carbons (Fsp3) is 0.500. The predicted octanol–water partition coefficient (Wildman–Crippen LogP) is 5.89. The summed E-state index contributed by atoms with van der Waals surface area (Å²) < 4.78 is 22.5. The number of carbonyl (C=O) groups excluding carboxylic acids is 3. The Kier molecular flexibility index (Phi) is 12.3. The van der Waals surface area contributed by atoms with E-state index >= 15 is 0 Å². The van der Waals surface area contributed by atoms with E-state index in [0.29, 0.717) is 15.8 Å². The summed E-state index contributed by atoms with van der Waals surface area (Å²) in [5.41, 5.74) is -0.202. The first-order valence-electron chi connectivity index (χ1n) is 12.8. The minimum absolute atomic E-state index is 0.0545. The van der Waals surface area contributed by atoms with Crippen LogP contribution in [0.1, 0.15) is 64.9 Å². The first-order chi connectivity index (χ1) is 18.4. The standard InChI is InChI=1S/C28H36Cl2N2O7/c1-8-18(9-2)25(39-21-11-10-19(29)14-20(21)30)16(5)37-28(35)23(15(3)4)32-27(34)24-26(38-17(6)33)22(36-7)12-13-31-24/h10-16,18,23,25H,8-9H2,1-7H3,(H,32,34)/t16-,23-,25-/m0/s1. The molecule has 0 spiro atoms. The van der Waals surface area contributed by atoms with E-state index in [2.05, 4.69) is 10.3 Å². The van der Waals surface area contributed by atoms with Crippen LogP contribution in [0.3, 0.4) is 0 Å². The number of amides is 1. The van der Waals surface area contributed by atoms with Gasteiger partial charge in [0.05, 0.1) is 12.1 Å². The smallest absolute Gasteiger partial charge is 0.329 e. The number of nitrogens with one attached hydrogen (secondary N) is 1. The van der Waals surface area contributed by atoms with Gasteiger partial charge in [0.1, 0.15) is 24.0 Å². The van der Waals surface area contributed by atoms with Gasteiger partial charge in [-0.25, -0.2) is 9.78 Å². The number of halogens is 2. The highest BCUT2D eigenvalue weighted by Gasteiger charge is 2.34. The van der Waals surface area contributed by atoms with E-state index in [1.165, 1.54) is 26.3 Å². The van der Waals surface area contributed by atoms with Gasteiger partial charge in [-0.15, -0.1) is 0 Å². The van der Waals surface area contributed by atoms with Gasteiger partial charge in [0.15, 0.2) is 11.4 Å². The molecule has 2 aromatic rings. The first-order valence-corrected chi connectivity index (χ1v) is 13.5. The average molecular weight is 584 g/mol. The summed E-state index contributed by atoms with van der Waals surface area (Å²) in [5, 5.41) is 3.49. The summed E-state index contributed by atoms with van der Waals surface area (Å²) in [6.45, 7) is 10.5. The Hall–Kier alpha value is -3.04. The molecule has 3 atom stereocenters. The molecule has 214 valence electrons. The Labute approximate surface area is 239 Å². The van der Waals surface area contributed by atoms with E-state index in [0.717, 1.165) is 12.8 Å². The van der Waals surface area contributed by atoms with E-state index in [1.54, 1.807) is 39.0 Å². The lowest BCUT2D eigenvalue weighted by molar-refractivity contribution is -0.158. The van der Waals surface area contributed by atoms with Crippen molar-refractivity contribution in [2.75, 3.05) is 7.11 Å². The van der Waals surface area contributed by atoms with Crippen LogP contribution in [-0.4, -0.2) is 48.2 Å². The van der Waals surface area contributed by atoms with Crippen molar-refractivity contribution in [2.45, 2.75) is 72.6 Å². The van der Waals surface area contributed by atoms with E-state index < -0.39 is 36.1 Å². The molecule has 1 N–H and O–H groups in total. The number of pyridine rings is 1. The molecular formula is C28H36Cl2N2O7. The molecule has 0 radical (unpaired) electrons. The predicted molar refractivity (Wildman–Crippen MR) is 149 cm³/mol. The van der Waals surface area contributed by atoms with Gasteiger partial charge in [-0.05, 0) is 49.8 Å². The number of aromatic nitrogens is 1. The van der Waals surface area contributed by atoms with Gasteiger partial charge in [-0.3, -0.25) is 9.59 Å². The second-order valence-corrected chi connectivity index (χ2v) is 10.2. The Morgan fingerprint density at radius 3 is 2.23 bits per heavy atom. The largest absolute Gasteiger partial charge is 0.493 e. The van der Waals surface area contributed by atoms with Crippen LogP contribution in [0.15, 0.2) is 30.5 Å². The zero-order chi connectivity index (χ0) is 29.3. The van der Waals surface area contributed by atoms with Crippen LogP contribution in [0, 0.1) is 11.8 Å². The topological polar surface area (TPSA) is 113 Å². The van der Waals surface area contributed by atoms with Gasteiger partial charge in [0.2, 0.25) is 5.75 Å². The van der Waals surface area contributed by atoms with Crippen LogP contribution >= 0.6 is 23.2 Å². The van der Waals surface area contributed by atoms with Gasteiger partial charge < -0.3 is 24.3 Å². The van der Waals surface area contributed by atoms with Gasteiger partial charge in [0, 0.05) is 24.2 Å². The number of ether oxygens (including phenoxy) is 4. The number of carbonyl (C=O) groups is 3. The Morgan fingerprint density at radius 1 is 1.03 bits per heavy atom. The van der Waals surface area contributed by atoms with E-state index in [1.807, 2.05) is 13.8 Å². The maximum Gasteiger partial charge on any atom is 0.329 e. The molecule has 0 unspecified atom stereocenters. The minimum Gasteiger partial charge on any atom is -0.493 e. The van der Waals surface area contributed by atoms with Crippen LogP contribution in [0.5, 0.6) is 17.2 Å². The van der Waals surface area contributed by atoms with Gasteiger partial charge in [0.25, 0.3) is 5.91 Å². The van der Waals surface area contributed by atoms with Crippen LogP contribution in [0.4, 0.5) is 0 Å². The molecule has 0 fully saturated rings. The summed E-state index contributed by atoms with van der Waals surface area (Å²) in [5.74, 6) is -1.88. The number of hydrogen-bond acceptors (Lipinski definition) is 8. The Bertz CT molecular complexity index is 1150. The molecule has 11 heteroatoms. The summed E-state index contributed by atoms with van der Waals surface area (Å²) >= 11 is 12.4. The normalized spacial score (nSPS) is 13.4.